The molecule has 0 aliphatic heterocycles. The Kier molecular flexibility index (Phi) is 6.74. The van der Waals surface area contributed by atoms with Crippen LogP contribution in [0.5, 0.6) is 0 Å². The van der Waals surface area contributed by atoms with Gasteiger partial charge in [0, 0.05) is 13.2 Å². The maximum Gasteiger partial charge on any atom is 0.420 e. The molecule has 2 saturated carbocycles. The number of aliphatic hydroxyl groups is 1. The van der Waals surface area contributed by atoms with Crippen molar-refractivity contribution in [3.63, 3.8) is 0 Å². The van der Waals surface area contributed by atoms with Gasteiger partial charge in [-0.3, -0.25) is 0 Å². The Labute approximate surface area is 178 Å². The molecule has 1 N–H and O–H groups in total. The van der Waals surface area contributed by atoms with Crippen LogP contribution in [0, 0.1) is 34.5 Å². The van der Waals surface area contributed by atoms with Crippen LogP contribution in [0.1, 0.15) is 71.6 Å². The van der Waals surface area contributed by atoms with Gasteiger partial charge in [-0.2, -0.15) is 18.4 Å². The summed E-state index contributed by atoms with van der Waals surface area (Å²) in [5.41, 5.74) is -0.847. The molecule has 3 aliphatic rings. The molecule has 0 heterocycles. The number of rotatable bonds is 5. The first-order chi connectivity index (χ1) is 14.1. The van der Waals surface area contributed by atoms with Crippen LogP contribution >= 0.6 is 0 Å². The van der Waals surface area contributed by atoms with E-state index in [1.165, 1.54) is 5.57 Å². The van der Waals surface area contributed by atoms with Crippen molar-refractivity contribution in [2.75, 3.05) is 7.11 Å². The number of halogens is 3. The second-order valence-electron chi connectivity index (χ2n) is 9.69. The zero-order chi connectivity index (χ0) is 22.2. The van der Waals surface area contributed by atoms with Crippen molar-refractivity contribution >= 4 is 0 Å². The van der Waals surface area contributed by atoms with Gasteiger partial charge in [-0.05, 0) is 80.6 Å². The summed E-state index contributed by atoms with van der Waals surface area (Å²) < 4.78 is 45.8. The Hall–Kier alpha value is -1.32. The molecule has 6 heteroatoms. The molecule has 30 heavy (non-hydrogen) atoms. The van der Waals surface area contributed by atoms with E-state index >= 15 is 0 Å². The molecule has 0 aromatic heterocycles. The van der Waals surface area contributed by atoms with Gasteiger partial charge >= 0.3 is 6.18 Å². The largest absolute Gasteiger partial charge is 0.420 e. The number of alkyl halides is 3. The number of fused-ring (bicyclic) bond motifs is 1. The lowest BCUT2D eigenvalue weighted by Gasteiger charge is -2.50. The first kappa shape index (κ1) is 23.3. The topological polar surface area (TPSA) is 53.2 Å². The molecular weight excluding hydrogens is 391 g/mol. The summed E-state index contributed by atoms with van der Waals surface area (Å²) in [7, 11) is 1.74. The maximum absolute atomic E-state index is 13.3. The number of allylic oxidation sites excluding steroid dienone is 3. The number of nitrogens with zero attached hydrogens (tertiary/aromatic N) is 1. The van der Waals surface area contributed by atoms with Crippen LogP contribution in [-0.4, -0.2) is 30.1 Å². The third-order valence-electron chi connectivity index (χ3n) is 8.25. The van der Waals surface area contributed by atoms with Gasteiger partial charge in [-0.1, -0.05) is 31.4 Å². The Morgan fingerprint density at radius 2 is 2.07 bits per heavy atom. The minimum atomic E-state index is -4.63. The van der Waals surface area contributed by atoms with E-state index < -0.39 is 11.8 Å². The van der Waals surface area contributed by atoms with Gasteiger partial charge in [0.15, 0.2) is 5.60 Å². The van der Waals surface area contributed by atoms with Gasteiger partial charge in [0.2, 0.25) is 0 Å². The fourth-order valence-corrected chi connectivity index (χ4v) is 6.66. The summed E-state index contributed by atoms with van der Waals surface area (Å²) in [5.74, 6) is 1.12. The Morgan fingerprint density at radius 3 is 2.67 bits per heavy atom. The molecule has 6 atom stereocenters. The van der Waals surface area contributed by atoms with E-state index in [0.29, 0.717) is 37.0 Å². The highest BCUT2D eigenvalue weighted by atomic mass is 19.4. The normalized spacial score (nSPS) is 40.7. The predicted molar refractivity (Wildman–Crippen MR) is 109 cm³/mol. The first-order valence-corrected chi connectivity index (χ1v) is 11.2. The Morgan fingerprint density at radius 1 is 1.33 bits per heavy atom. The van der Waals surface area contributed by atoms with Crippen LogP contribution in [0.15, 0.2) is 23.3 Å². The zero-order valence-electron chi connectivity index (χ0n) is 18.3. The third kappa shape index (κ3) is 4.08. The Bertz CT molecular complexity index is 738. The van der Waals surface area contributed by atoms with E-state index in [-0.39, 0.29) is 17.9 Å². The molecular formula is C24H34F3NO2. The summed E-state index contributed by atoms with van der Waals surface area (Å²) in [5, 5.41) is 19.3. The highest BCUT2D eigenvalue weighted by Crippen LogP contribution is 2.60. The van der Waals surface area contributed by atoms with Crippen LogP contribution in [0.2, 0.25) is 0 Å². The summed E-state index contributed by atoms with van der Waals surface area (Å²) in [4.78, 5) is 0. The van der Waals surface area contributed by atoms with Crippen molar-refractivity contribution < 1.29 is 23.0 Å². The highest BCUT2D eigenvalue weighted by molar-refractivity contribution is 5.28. The van der Waals surface area contributed by atoms with Gasteiger partial charge in [0.05, 0.1) is 12.2 Å². The third-order valence-corrected chi connectivity index (χ3v) is 8.25. The van der Waals surface area contributed by atoms with E-state index in [4.69, 9.17) is 4.74 Å². The predicted octanol–water partition coefficient (Wildman–Crippen LogP) is 6.10. The standard InChI is InChI=1S/C24H34F3NO2/c1-4-18-19(9-7-16-6-5-12-23(29,14-16)24(25,26)27)20-10-8-17(11-13-28)22(20,2)15-21(18)30-3/h11,14,18-21,29H,4-10,12,15H2,1-3H3. The van der Waals surface area contributed by atoms with Crippen molar-refractivity contribution in [2.24, 2.45) is 23.2 Å². The van der Waals surface area contributed by atoms with E-state index in [1.54, 1.807) is 13.2 Å². The number of ether oxygens (including phenoxy) is 1. The lowest BCUT2D eigenvalue weighted by atomic mass is 9.56. The first-order valence-electron chi connectivity index (χ1n) is 11.2. The lowest BCUT2D eigenvalue weighted by molar-refractivity contribution is -0.243. The van der Waals surface area contributed by atoms with E-state index in [0.717, 1.165) is 43.8 Å². The summed E-state index contributed by atoms with van der Waals surface area (Å²) in [6.07, 6.45) is 4.16. The number of hydrogen-bond acceptors (Lipinski definition) is 3. The molecule has 3 nitrogen and oxygen atoms in total. The second kappa shape index (κ2) is 8.67. The van der Waals surface area contributed by atoms with Crippen molar-refractivity contribution in [3.8, 4) is 6.07 Å². The van der Waals surface area contributed by atoms with Crippen molar-refractivity contribution in [2.45, 2.75) is 89.5 Å². The number of methoxy groups -OCH3 is 1. The molecule has 6 unspecified atom stereocenters. The van der Waals surface area contributed by atoms with Gasteiger partial charge in [-0.15, -0.1) is 0 Å². The van der Waals surface area contributed by atoms with Gasteiger partial charge in [0.25, 0.3) is 0 Å². The van der Waals surface area contributed by atoms with Crippen LogP contribution in [0.25, 0.3) is 0 Å². The fourth-order valence-electron chi connectivity index (χ4n) is 6.66. The summed E-state index contributed by atoms with van der Waals surface area (Å²) in [6.45, 7) is 4.40. The number of hydrogen-bond donors (Lipinski definition) is 1. The molecule has 0 radical (unpaired) electrons. The zero-order valence-corrected chi connectivity index (χ0v) is 18.3. The molecule has 0 spiro atoms. The fraction of sp³-hybridized carbons (Fsp3) is 0.792. The van der Waals surface area contributed by atoms with Crippen LogP contribution < -0.4 is 0 Å². The minimum Gasteiger partial charge on any atom is -0.381 e. The van der Waals surface area contributed by atoms with Gasteiger partial charge in [-0.25, -0.2) is 0 Å². The van der Waals surface area contributed by atoms with Crippen molar-refractivity contribution in [1.82, 2.24) is 0 Å². The van der Waals surface area contributed by atoms with E-state index in [2.05, 4.69) is 19.9 Å². The molecule has 0 amide bonds. The van der Waals surface area contributed by atoms with Crippen LogP contribution in [0.4, 0.5) is 13.2 Å². The average molecular weight is 426 g/mol. The molecule has 168 valence electrons. The summed E-state index contributed by atoms with van der Waals surface area (Å²) >= 11 is 0. The molecule has 0 bridgehead atoms. The molecule has 3 aliphatic carbocycles. The van der Waals surface area contributed by atoms with E-state index in [9.17, 15) is 23.5 Å². The van der Waals surface area contributed by atoms with Crippen molar-refractivity contribution in [3.05, 3.63) is 23.3 Å². The maximum atomic E-state index is 13.3. The highest BCUT2D eigenvalue weighted by Gasteiger charge is 2.55. The quantitative estimate of drug-likeness (QED) is 0.428. The molecule has 2 fully saturated rings. The van der Waals surface area contributed by atoms with Crippen molar-refractivity contribution in [1.29, 1.82) is 5.26 Å². The van der Waals surface area contributed by atoms with E-state index in [1.807, 2.05) is 0 Å². The van der Waals surface area contributed by atoms with Crippen LogP contribution in [-0.2, 0) is 4.74 Å². The Balaban J connectivity index is 1.84. The second-order valence-corrected chi connectivity index (χ2v) is 9.69. The lowest BCUT2D eigenvalue weighted by Crippen LogP contribution is -2.47. The van der Waals surface area contributed by atoms with Gasteiger partial charge in [0.1, 0.15) is 0 Å². The minimum absolute atomic E-state index is 0.0829. The molecule has 0 aromatic carbocycles. The SMILES string of the molecule is CCC1C(OC)CC2(C)C(=CC#N)CCC2C1CCC1=CC(O)(C(F)(F)F)CCC1. The van der Waals surface area contributed by atoms with Gasteiger partial charge < -0.3 is 9.84 Å². The molecule has 0 saturated heterocycles. The van der Waals surface area contributed by atoms with Crippen LogP contribution in [0.3, 0.4) is 0 Å². The summed E-state index contributed by atoms with van der Waals surface area (Å²) in [6, 6.07) is 2.20. The smallest absolute Gasteiger partial charge is 0.381 e. The molecule has 0 aromatic rings. The molecule has 3 rings (SSSR count). The average Bonchev–Trinajstić information content (AvgIpc) is 3.01. The number of nitriles is 1. The monoisotopic (exact) mass is 425 g/mol.